The number of nitrogens with one attached hydrogen (secondary N) is 1. The number of carbonyl (C=O) groups excluding carboxylic acids is 2. The van der Waals surface area contributed by atoms with E-state index in [0.717, 1.165) is 22.3 Å². The molecule has 152 valence electrons. The van der Waals surface area contributed by atoms with Crippen molar-refractivity contribution < 1.29 is 23.8 Å². The van der Waals surface area contributed by atoms with Gasteiger partial charge in [0, 0.05) is 23.9 Å². The van der Waals surface area contributed by atoms with E-state index in [2.05, 4.69) is 5.32 Å². The Morgan fingerprint density at radius 1 is 0.933 bits per heavy atom. The number of hydrogen-bond donors (Lipinski definition) is 1. The van der Waals surface area contributed by atoms with Crippen LogP contribution in [0.15, 0.2) is 72.8 Å². The Hall–Kier alpha value is -3.67. The van der Waals surface area contributed by atoms with Gasteiger partial charge in [0.2, 0.25) is 0 Å². The molecule has 1 aliphatic rings. The summed E-state index contributed by atoms with van der Waals surface area (Å²) in [6.45, 7) is 0.0785. The molecule has 0 saturated carbocycles. The summed E-state index contributed by atoms with van der Waals surface area (Å²) in [5.41, 5.74) is 4.39. The number of fused-ring (bicyclic) bond motifs is 3. The van der Waals surface area contributed by atoms with Crippen LogP contribution in [-0.2, 0) is 9.53 Å². The molecule has 1 N–H and O–H groups in total. The summed E-state index contributed by atoms with van der Waals surface area (Å²) < 4.78 is 19.5. The highest BCUT2D eigenvalue weighted by Crippen LogP contribution is 2.44. The summed E-state index contributed by atoms with van der Waals surface area (Å²) in [5.74, 6) is -2.14. The van der Waals surface area contributed by atoms with E-state index < -0.39 is 30.3 Å². The number of amides is 1. The molecule has 6 heteroatoms. The van der Waals surface area contributed by atoms with E-state index in [4.69, 9.17) is 4.74 Å². The molecule has 0 unspecified atom stereocenters. The second-order valence-corrected chi connectivity index (χ2v) is 7.12. The predicted octanol–water partition coefficient (Wildman–Crippen LogP) is 3.55. The van der Waals surface area contributed by atoms with E-state index in [9.17, 15) is 19.1 Å². The lowest BCUT2D eigenvalue weighted by Crippen LogP contribution is -2.35. The van der Waals surface area contributed by atoms with Crippen LogP contribution in [0.3, 0.4) is 0 Å². The molecule has 1 amide bonds. The van der Waals surface area contributed by atoms with Gasteiger partial charge in [-0.2, -0.15) is 0 Å². The summed E-state index contributed by atoms with van der Waals surface area (Å²) in [6, 6.07) is 20.5. The largest absolute Gasteiger partial charge is 0.550 e. The van der Waals surface area contributed by atoms with Crippen molar-refractivity contribution in [2.24, 2.45) is 0 Å². The second-order valence-electron chi connectivity index (χ2n) is 7.12. The summed E-state index contributed by atoms with van der Waals surface area (Å²) in [7, 11) is 0. The highest BCUT2D eigenvalue weighted by molar-refractivity contribution is 5.79. The Morgan fingerprint density at radius 2 is 1.50 bits per heavy atom. The Labute approximate surface area is 173 Å². The lowest BCUT2D eigenvalue weighted by molar-refractivity contribution is -0.306. The van der Waals surface area contributed by atoms with Crippen LogP contribution in [0.25, 0.3) is 11.1 Å². The van der Waals surface area contributed by atoms with Gasteiger partial charge in [0.1, 0.15) is 12.4 Å². The molecule has 30 heavy (non-hydrogen) atoms. The molecule has 0 aromatic heterocycles. The Bertz CT molecular complexity index is 1050. The Balaban J connectivity index is 1.49. The lowest BCUT2D eigenvalue weighted by Gasteiger charge is -2.21. The van der Waals surface area contributed by atoms with E-state index in [-0.39, 0.29) is 18.1 Å². The molecule has 0 heterocycles. The zero-order valence-electron chi connectivity index (χ0n) is 16.0. The number of benzene rings is 3. The third-order valence-electron chi connectivity index (χ3n) is 5.29. The smallest absolute Gasteiger partial charge is 0.407 e. The summed E-state index contributed by atoms with van der Waals surface area (Å²) in [6.07, 6.45) is -1.38. The minimum atomic E-state index is -1.40. The fourth-order valence-corrected chi connectivity index (χ4v) is 3.95. The number of carbonyl (C=O) groups is 2. The predicted molar refractivity (Wildman–Crippen MR) is 107 cm³/mol. The first-order chi connectivity index (χ1) is 14.5. The van der Waals surface area contributed by atoms with Crippen molar-refractivity contribution in [2.75, 3.05) is 6.61 Å². The maximum atomic E-state index is 14.1. The molecule has 0 spiro atoms. The van der Waals surface area contributed by atoms with Crippen LogP contribution >= 0.6 is 0 Å². The van der Waals surface area contributed by atoms with Gasteiger partial charge in [0.05, 0.1) is 6.04 Å². The molecule has 3 aromatic carbocycles. The van der Waals surface area contributed by atoms with Gasteiger partial charge in [-0.1, -0.05) is 66.7 Å². The van der Waals surface area contributed by atoms with Crippen LogP contribution in [0.4, 0.5) is 9.18 Å². The number of carboxylic acid groups (broad SMARTS) is 1. The van der Waals surface area contributed by atoms with Crippen LogP contribution < -0.4 is 10.4 Å². The number of halogens is 1. The summed E-state index contributed by atoms with van der Waals surface area (Å²) in [5, 5.41) is 13.5. The number of aliphatic carboxylic acids is 1. The first kappa shape index (κ1) is 19.6. The zero-order valence-corrected chi connectivity index (χ0v) is 16.0. The number of alkyl carbamates (subject to hydrolysis) is 1. The van der Waals surface area contributed by atoms with E-state index in [1.54, 1.807) is 6.07 Å². The lowest BCUT2D eigenvalue weighted by atomic mass is 9.98. The molecular formula is C24H19FNO4-. The first-order valence-electron chi connectivity index (χ1n) is 9.60. The van der Waals surface area contributed by atoms with Crippen molar-refractivity contribution in [3.63, 3.8) is 0 Å². The minimum Gasteiger partial charge on any atom is -0.550 e. The molecule has 1 aliphatic carbocycles. The van der Waals surface area contributed by atoms with Crippen molar-refractivity contribution >= 4 is 12.1 Å². The Kier molecular flexibility index (Phi) is 5.48. The highest BCUT2D eigenvalue weighted by Gasteiger charge is 2.29. The normalized spacial score (nSPS) is 13.2. The van der Waals surface area contributed by atoms with Crippen molar-refractivity contribution in [1.29, 1.82) is 0 Å². The highest BCUT2D eigenvalue weighted by atomic mass is 19.1. The van der Waals surface area contributed by atoms with Crippen LogP contribution in [0, 0.1) is 5.82 Å². The number of hydrogen-bond acceptors (Lipinski definition) is 4. The van der Waals surface area contributed by atoms with Crippen LogP contribution in [-0.4, -0.2) is 18.7 Å². The Morgan fingerprint density at radius 3 is 2.10 bits per heavy atom. The number of rotatable bonds is 6. The molecule has 4 rings (SSSR count). The topological polar surface area (TPSA) is 78.5 Å². The van der Waals surface area contributed by atoms with Crippen molar-refractivity contribution in [3.8, 4) is 11.1 Å². The SMILES string of the molecule is O=C([O-])C[C@H](NC(=O)OCC1c2ccccc2-c2ccccc21)c1ccccc1F. The molecule has 0 aliphatic heterocycles. The molecule has 1 atom stereocenters. The first-order valence-corrected chi connectivity index (χ1v) is 9.60. The maximum absolute atomic E-state index is 14.1. The fourth-order valence-electron chi connectivity index (χ4n) is 3.95. The fraction of sp³-hybridized carbons (Fsp3) is 0.167. The summed E-state index contributed by atoms with van der Waals surface area (Å²) >= 11 is 0. The van der Waals surface area contributed by atoms with Gasteiger partial charge in [0.25, 0.3) is 0 Å². The van der Waals surface area contributed by atoms with Crippen molar-refractivity contribution in [2.45, 2.75) is 18.4 Å². The average Bonchev–Trinajstić information content (AvgIpc) is 3.06. The minimum absolute atomic E-state index is 0.0650. The van der Waals surface area contributed by atoms with E-state index >= 15 is 0 Å². The van der Waals surface area contributed by atoms with Crippen LogP contribution in [0.1, 0.15) is 35.1 Å². The molecule has 5 nitrogen and oxygen atoms in total. The van der Waals surface area contributed by atoms with Gasteiger partial charge < -0.3 is 20.0 Å². The van der Waals surface area contributed by atoms with Gasteiger partial charge in [-0.3, -0.25) is 0 Å². The van der Waals surface area contributed by atoms with Crippen LogP contribution in [0.2, 0.25) is 0 Å². The van der Waals surface area contributed by atoms with Gasteiger partial charge in [0.15, 0.2) is 0 Å². The van der Waals surface area contributed by atoms with Crippen LogP contribution in [0.5, 0.6) is 0 Å². The number of ether oxygens (including phenoxy) is 1. The standard InChI is InChI=1S/C24H20FNO4/c25-21-12-6-5-11-19(21)22(13-23(27)28)26-24(29)30-14-20-17-9-3-1-7-15(17)16-8-2-4-10-18(16)20/h1-12,20,22H,13-14H2,(H,26,29)(H,27,28)/p-1/t22-/m0/s1. The van der Waals surface area contributed by atoms with Gasteiger partial charge in [-0.25, -0.2) is 9.18 Å². The third kappa shape index (κ3) is 3.89. The van der Waals surface area contributed by atoms with Crippen molar-refractivity contribution in [1.82, 2.24) is 5.32 Å². The maximum Gasteiger partial charge on any atom is 0.407 e. The average molecular weight is 404 g/mol. The quantitative estimate of drug-likeness (QED) is 0.682. The monoisotopic (exact) mass is 404 g/mol. The molecule has 3 aromatic rings. The molecule has 0 radical (unpaired) electrons. The van der Waals surface area contributed by atoms with E-state index in [0.29, 0.717) is 0 Å². The molecular weight excluding hydrogens is 385 g/mol. The molecule has 0 saturated heterocycles. The summed E-state index contributed by atoms with van der Waals surface area (Å²) in [4.78, 5) is 23.5. The van der Waals surface area contributed by atoms with E-state index in [1.165, 1.54) is 18.2 Å². The molecule has 0 bridgehead atoms. The van der Waals surface area contributed by atoms with Gasteiger partial charge in [-0.15, -0.1) is 0 Å². The zero-order chi connectivity index (χ0) is 21.1. The molecule has 0 fully saturated rings. The number of carboxylic acids is 1. The van der Waals surface area contributed by atoms with Crippen molar-refractivity contribution in [3.05, 3.63) is 95.3 Å². The van der Waals surface area contributed by atoms with Gasteiger partial charge >= 0.3 is 6.09 Å². The third-order valence-corrected chi connectivity index (χ3v) is 5.29. The second kappa shape index (κ2) is 8.37. The van der Waals surface area contributed by atoms with Gasteiger partial charge in [-0.05, 0) is 28.3 Å². The van der Waals surface area contributed by atoms with E-state index in [1.807, 2.05) is 48.5 Å².